The fraction of sp³-hybridized carbons (Fsp3) is 0.286. The van der Waals surface area contributed by atoms with Crippen LogP contribution in [-0.4, -0.2) is 16.5 Å². The molecule has 0 saturated carbocycles. The predicted molar refractivity (Wildman–Crippen MR) is 103 cm³/mol. The highest BCUT2D eigenvalue weighted by molar-refractivity contribution is 6.41. The minimum absolute atomic E-state index is 0.189. The molecule has 0 radical (unpaired) electrons. The Hall–Kier alpha value is -2.93. The molecule has 2 aromatic rings. The first-order chi connectivity index (χ1) is 12.0. The normalized spacial score (nSPS) is 19.2. The highest BCUT2D eigenvalue weighted by atomic mass is 15.2. The van der Waals surface area contributed by atoms with Gasteiger partial charge in [-0.25, -0.2) is 4.99 Å². The maximum Gasteiger partial charge on any atom is 0.180 e. The maximum absolute atomic E-state index is 6.03. The van der Waals surface area contributed by atoms with Gasteiger partial charge in [0.1, 0.15) is 5.84 Å². The van der Waals surface area contributed by atoms with E-state index in [1.807, 2.05) is 32.2 Å². The molecule has 4 heteroatoms. The van der Waals surface area contributed by atoms with Crippen LogP contribution in [-0.2, 0) is 5.66 Å². The van der Waals surface area contributed by atoms with Gasteiger partial charge in [0.05, 0.1) is 5.71 Å². The van der Waals surface area contributed by atoms with Crippen molar-refractivity contribution < 1.29 is 0 Å². The first kappa shape index (κ1) is 16.9. The lowest BCUT2D eigenvalue weighted by molar-refractivity contribution is 0.343. The van der Waals surface area contributed by atoms with E-state index in [1.54, 1.807) is 6.20 Å². The second kappa shape index (κ2) is 6.52. The Bertz CT molecular complexity index is 908. The van der Waals surface area contributed by atoms with Crippen molar-refractivity contribution in [1.29, 1.82) is 0 Å². The summed E-state index contributed by atoms with van der Waals surface area (Å²) in [7, 11) is 0. The van der Waals surface area contributed by atoms with Crippen molar-refractivity contribution in [2.75, 3.05) is 0 Å². The lowest BCUT2D eigenvalue weighted by atomic mass is 9.88. The summed E-state index contributed by atoms with van der Waals surface area (Å²) >= 11 is 0. The first-order valence-electron chi connectivity index (χ1n) is 8.37. The fourth-order valence-corrected chi connectivity index (χ4v) is 3.06. The molecule has 0 fully saturated rings. The molecule has 126 valence electrons. The predicted octanol–water partition coefficient (Wildman–Crippen LogP) is 3.76. The van der Waals surface area contributed by atoms with E-state index in [1.165, 1.54) is 0 Å². The number of pyridine rings is 1. The summed E-state index contributed by atoms with van der Waals surface area (Å²) in [6.07, 6.45) is 3.62. The summed E-state index contributed by atoms with van der Waals surface area (Å²) < 4.78 is 0. The number of aromatic nitrogens is 1. The SMILES string of the molecule is CC#Cc1cncc(-c2cccc(C3(C(C)C)N=C(C)C(N)=N3)c2)c1. The Kier molecular flexibility index (Phi) is 4.41. The summed E-state index contributed by atoms with van der Waals surface area (Å²) in [4.78, 5) is 13.8. The Labute approximate surface area is 148 Å². The lowest BCUT2D eigenvalue weighted by Crippen LogP contribution is -2.27. The van der Waals surface area contributed by atoms with E-state index in [4.69, 9.17) is 15.7 Å². The average Bonchev–Trinajstić information content (AvgIpc) is 2.92. The molecule has 0 aliphatic carbocycles. The van der Waals surface area contributed by atoms with E-state index in [0.29, 0.717) is 5.84 Å². The summed E-state index contributed by atoms with van der Waals surface area (Å²) in [5, 5.41) is 0. The zero-order valence-electron chi connectivity index (χ0n) is 15.0. The highest BCUT2D eigenvalue weighted by Crippen LogP contribution is 2.39. The third-order valence-corrected chi connectivity index (χ3v) is 4.43. The molecular formula is C21H22N4. The lowest BCUT2D eigenvalue weighted by Gasteiger charge is -2.28. The van der Waals surface area contributed by atoms with E-state index in [-0.39, 0.29) is 5.92 Å². The molecule has 1 atom stereocenters. The van der Waals surface area contributed by atoms with Gasteiger partial charge in [-0.05, 0) is 31.5 Å². The Morgan fingerprint density at radius 3 is 2.52 bits per heavy atom. The number of amidine groups is 1. The van der Waals surface area contributed by atoms with Crippen molar-refractivity contribution in [3.05, 3.63) is 53.9 Å². The first-order valence-corrected chi connectivity index (χ1v) is 8.37. The van der Waals surface area contributed by atoms with Gasteiger partial charge in [0.25, 0.3) is 0 Å². The van der Waals surface area contributed by atoms with E-state index >= 15 is 0 Å². The minimum Gasteiger partial charge on any atom is -0.382 e. The van der Waals surface area contributed by atoms with Crippen LogP contribution >= 0.6 is 0 Å². The summed E-state index contributed by atoms with van der Waals surface area (Å²) in [5.41, 5.74) is 10.2. The van der Waals surface area contributed by atoms with Gasteiger partial charge in [-0.15, -0.1) is 5.92 Å². The van der Waals surface area contributed by atoms with Gasteiger partial charge in [0.2, 0.25) is 0 Å². The van der Waals surface area contributed by atoms with Gasteiger partial charge in [-0.1, -0.05) is 38.0 Å². The van der Waals surface area contributed by atoms with Crippen molar-refractivity contribution in [1.82, 2.24) is 4.98 Å². The number of benzene rings is 1. The molecular weight excluding hydrogens is 308 g/mol. The van der Waals surface area contributed by atoms with Crippen LogP contribution in [0.4, 0.5) is 0 Å². The van der Waals surface area contributed by atoms with Crippen LogP contribution < -0.4 is 5.73 Å². The van der Waals surface area contributed by atoms with E-state index in [2.05, 4.69) is 48.9 Å². The maximum atomic E-state index is 6.03. The standard InChI is InChI=1S/C21H22N4/c1-5-7-16-10-18(13-23-12-16)17-8-6-9-19(11-17)21(14(2)3)24-15(4)20(22)25-21/h6,8-14H,1-4H3,(H2,22,25). The van der Waals surface area contributed by atoms with Crippen molar-refractivity contribution in [2.24, 2.45) is 21.6 Å². The molecule has 25 heavy (non-hydrogen) atoms. The van der Waals surface area contributed by atoms with Gasteiger partial charge in [-0.3, -0.25) is 9.98 Å². The number of hydrogen-bond acceptors (Lipinski definition) is 4. The van der Waals surface area contributed by atoms with Gasteiger partial charge in [0.15, 0.2) is 5.66 Å². The van der Waals surface area contributed by atoms with Crippen LogP contribution in [0.2, 0.25) is 0 Å². The molecule has 0 bridgehead atoms. The zero-order valence-corrected chi connectivity index (χ0v) is 15.0. The number of aliphatic imine (C=N–C) groups is 2. The highest BCUT2D eigenvalue weighted by Gasteiger charge is 2.39. The summed E-state index contributed by atoms with van der Waals surface area (Å²) in [6.45, 7) is 7.96. The van der Waals surface area contributed by atoms with E-state index in [0.717, 1.165) is 28.0 Å². The summed E-state index contributed by atoms with van der Waals surface area (Å²) in [6, 6.07) is 10.3. The molecule has 0 spiro atoms. The number of nitrogens with zero attached hydrogens (tertiary/aromatic N) is 3. The topological polar surface area (TPSA) is 63.6 Å². The number of hydrogen-bond donors (Lipinski definition) is 1. The van der Waals surface area contributed by atoms with Crippen LogP contribution in [0.1, 0.15) is 38.8 Å². The van der Waals surface area contributed by atoms with Crippen molar-refractivity contribution in [3.8, 4) is 23.0 Å². The Morgan fingerprint density at radius 2 is 1.88 bits per heavy atom. The molecule has 1 aromatic heterocycles. The Balaban J connectivity index is 2.11. The van der Waals surface area contributed by atoms with E-state index < -0.39 is 5.66 Å². The largest absolute Gasteiger partial charge is 0.382 e. The average molecular weight is 330 g/mol. The smallest absolute Gasteiger partial charge is 0.180 e. The Morgan fingerprint density at radius 1 is 1.08 bits per heavy atom. The molecule has 2 heterocycles. The molecule has 0 saturated heterocycles. The van der Waals surface area contributed by atoms with Crippen LogP contribution in [0.3, 0.4) is 0 Å². The molecule has 0 amide bonds. The van der Waals surface area contributed by atoms with Crippen molar-refractivity contribution in [3.63, 3.8) is 0 Å². The number of rotatable bonds is 3. The molecule has 4 nitrogen and oxygen atoms in total. The van der Waals surface area contributed by atoms with Gasteiger partial charge >= 0.3 is 0 Å². The van der Waals surface area contributed by atoms with Gasteiger partial charge in [0, 0.05) is 35.0 Å². The van der Waals surface area contributed by atoms with Crippen LogP contribution in [0, 0.1) is 17.8 Å². The van der Waals surface area contributed by atoms with Crippen LogP contribution in [0.15, 0.2) is 52.7 Å². The fourth-order valence-electron chi connectivity index (χ4n) is 3.06. The summed E-state index contributed by atoms with van der Waals surface area (Å²) in [5.74, 6) is 6.67. The zero-order chi connectivity index (χ0) is 18.0. The second-order valence-corrected chi connectivity index (χ2v) is 6.49. The monoisotopic (exact) mass is 330 g/mol. The van der Waals surface area contributed by atoms with E-state index in [9.17, 15) is 0 Å². The minimum atomic E-state index is -0.654. The third kappa shape index (κ3) is 3.06. The molecule has 2 N–H and O–H groups in total. The number of nitrogens with two attached hydrogens (primary N) is 1. The third-order valence-electron chi connectivity index (χ3n) is 4.43. The molecule has 1 unspecified atom stereocenters. The molecule has 1 aromatic carbocycles. The van der Waals surface area contributed by atoms with Crippen molar-refractivity contribution >= 4 is 11.5 Å². The van der Waals surface area contributed by atoms with Crippen molar-refractivity contribution in [2.45, 2.75) is 33.4 Å². The van der Waals surface area contributed by atoms with Crippen LogP contribution in [0.5, 0.6) is 0 Å². The quantitative estimate of drug-likeness (QED) is 0.871. The molecule has 1 aliphatic heterocycles. The molecule has 3 rings (SSSR count). The molecule has 1 aliphatic rings. The van der Waals surface area contributed by atoms with Gasteiger partial charge < -0.3 is 5.73 Å². The van der Waals surface area contributed by atoms with Gasteiger partial charge in [-0.2, -0.15) is 0 Å². The van der Waals surface area contributed by atoms with Crippen LogP contribution in [0.25, 0.3) is 11.1 Å². The second-order valence-electron chi connectivity index (χ2n) is 6.49.